The number of carbonyl (C=O) groups excluding carboxylic acids is 1. The highest BCUT2D eigenvalue weighted by molar-refractivity contribution is 5.95. The van der Waals surface area contributed by atoms with Gasteiger partial charge in [-0.05, 0) is 65.0 Å². The van der Waals surface area contributed by atoms with Gasteiger partial charge < -0.3 is 15.5 Å². The molecule has 2 N–H and O–H groups in total. The Bertz CT molecular complexity index is 451. The second kappa shape index (κ2) is 6.75. The fourth-order valence-electron chi connectivity index (χ4n) is 2.48. The van der Waals surface area contributed by atoms with Gasteiger partial charge >= 0.3 is 0 Å². The number of rotatable bonds is 4. The Morgan fingerprint density at radius 3 is 2.65 bits per heavy atom. The minimum absolute atomic E-state index is 0.00738. The van der Waals surface area contributed by atoms with Gasteiger partial charge in [0.05, 0.1) is 0 Å². The zero-order chi connectivity index (χ0) is 14.5. The smallest absolute Gasteiger partial charge is 0.251 e. The van der Waals surface area contributed by atoms with Crippen LogP contribution >= 0.6 is 0 Å². The molecule has 0 aromatic heterocycles. The molecule has 1 aliphatic rings. The molecular formula is C16H25N3O. The van der Waals surface area contributed by atoms with E-state index < -0.39 is 0 Å². The summed E-state index contributed by atoms with van der Waals surface area (Å²) in [7, 11) is 2.16. The van der Waals surface area contributed by atoms with Crippen LogP contribution in [0.25, 0.3) is 0 Å². The van der Waals surface area contributed by atoms with Crippen molar-refractivity contribution in [1.29, 1.82) is 0 Å². The molecule has 1 heterocycles. The van der Waals surface area contributed by atoms with Gasteiger partial charge in [0.15, 0.2) is 0 Å². The Hall–Kier alpha value is -1.55. The van der Waals surface area contributed by atoms with E-state index in [2.05, 4.69) is 22.6 Å². The molecule has 2 rings (SSSR count). The molecule has 0 aliphatic carbocycles. The van der Waals surface area contributed by atoms with Crippen LogP contribution in [0.4, 0.5) is 5.69 Å². The van der Waals surface area contributed by atoms with Crippen LogP contribution < -0.4 is 10.6 Å². The van der Waals surface area contributed by atoms with E-state index in [1.807, 2.05) is 38.1 Å². The molecule has 1 aromatic rings. The van der Waals surface area contributed by atoms with Crippen molar-refractivity contribution in [3.63, 3.8) is 0 Å². The van der Waals surface area contributed by atoms with Crippen LogP contribution in [-0.2, 0) is 0 Å². The molecule has 1 fully saturated rings. The number of benzene rings is 1. The van der Waals surface area contributed by atoms with Crippen LogP contribution in [0.2, 0.25) is 0 Å². The summed E-state index contributed by atoms with van der Waals surface area (Å²) in [5.41, 5.74) is 1.76. The van der Waals surface area contributed by atoms with Crippen LogP contribution in [0.15, 0.2) is 24.3 Å². The molecule has 1 aliphatic heterocycles. The van der Waals surface area contributed by atoms with Crippen LogP contribution in [-0.4, -0.2) is 43.0 Å². The van der Waals surface area contributed by atoms with E-state index in [1.165, 1.54) is 0 Å². The lowest BCUT2D eigenvalue weighted by atomic mass is 10.0. The Morgan fingerprint density at radius 2 is 2.00 bits per heavy atom. The normalized spacial score (nSPS) is 17.2. The summed E-state index contributed by atoms with van der Waals surface area (Å²) in [5, 5.41) is 6.47. The van der Waals surface area contributed by atoms with E-state index in [4.69, 9.17) is 0 Å². The molecule has 0 radical (unpaired) electrons. The summed E-state index contributed by atoms with van der Waals surface area (Å²) in [4.78, 5) is 14.3. The third-order valence-corrected chi connectivity index (χ3v) is 3.63. The van der Waals surface area contributed by atoms with Crippen LogP contribution in [0, 0.1) is 0 Å². The Kier molecular flexibility index (Phi) is 5.01. The first-order chi connectivity index (χ1) is 9.54. The SMILES string of the molecule is CC(C)NC(=O)c1cccc(NC2CCN(C)CC2)c1. The fraction of sp³-hybridized carbons (Fsp3) is 0.562. The minimum Gasteiger partial charge on any atom is -0.382 e. The van der Waals surface area contributed by atoms with E-state index in [9.17, 15) is 4.79 Å². The first-order valence-corrected chi connectivity index (χ1v) is 7.40. The molecule has 0 unspecified atom stereocenters. The van der Waals surface area contributed by atoms with Crippen molar-refractivity contribution < 1.29 is 4.79 Å². The van der Waals surface area contributed by atoms with E-state index >= 15 is 0 Å². The molecule has 1 saturated heterocycles. The van der Waals surface area contributed by atoms with Crippen molar-refractivity contribution in [1.82, 2.24) is 10.2 Å². The molecule has 1 aromatic carbocycles. The number of hydrogen-bond donors (Lipinski definition) is 2. The summed E-state index contributed by atoms with van der Waals surface area (Å²) in [6.07, 6.45) is 2.30. The summed E-state index contributed by atoms with van der Waals surface area (Å²) < 4.78 is 0. The van der Waals surface area contributed by atoms with Gasteiger partial charge in [0, 0.05) is 23.3 Å². The van der Waals surface area contributed by atoms with Gasteiger partial charge in [-0.1, -0.05) is 6.07 Å². The number of nitrogens with zero attached hydrogens (tertiary/aromatic N) is 1. The Morgan fingerprint density at radius 1 is 1.30 bits per heavy atom. The van der Waals surface area contributed by atoms with Gasteiger partial charge in [0.25, 0.3) is 5.91 Å². The summed E-state index contributed by atoms with van der Waals surface area (Å²) in [6, 6.07) is 8.44. The lowest BCUT2D eigenvalue weighted by Gasteiger charge is -2.30. The zero-order valence-corrected chi connectivity index (χ0v) is 12.6. The monoisotopic (exact) mass is 275 g/mol. The number of nitrogens with one attached hydrogen (secondary N) is 2. The molecule has 0 spiro atoms. The number of hydrogen-bond acceptors (Lipinski definition) is 3. The molecule has 4 heteroatoms. The average molecular weight is 275 g/mol. The third-order valence-electron chi connectivity index (χ3n) is 3.63. The number of piperidine rings is 1. The van der Waals surface area contributed by atoms with Crippen molar-refractivity contribution in [2.24, 2.45) is 0 Å². The van der Waals surface area contributed by atoms with E-state index in [0.29, 0.717) is 6.04 Å². The fourth-order valence-corrected chi connectivity index (χ4v) is 2.48. The zero-order valence-electron chi connectivity index (χ0n) is 12.6. The highest BCUT2D eigenvalue weighted by atomic mass is 16.1. The average Bonchev–Trinajstić information content (AvgIpc) is 2.41. The Balaban J connectivity index is 1.97. The van der Waals surface area contributed by atoms with Gasteiger partial charge in [-0.15, -0.1) is 0 Å². The van der Waals surface area contributed by atoms with Crippen molar-refractivity contribution >= 4 is 11.6 Å². The van der Waals surface area contributed by atoms with E-state index in [1.54, 1.807) is 0 Å². The molecule has 0 saturated carbocycles. The second-order valence-electron chi connectivity index (χ2n) is 5.93. The summed E-state index contributed by atoms with van der Waals surface area (Å²) >= 11 is 0. The van der Waals surface area contributed by atoms with E-state index in [0.717, 1.165) is 37.2 Å². The maximum atomic E-state index is 12.0. The van der Waals surface area contributed by atoms with Gasteiger partial charge in [-0.25, -0.2) is 0 Å². The number of amides is 1. The van der Waals surface area contributed by atoms with Crippen molar-refractivity contribution in [3.8, 4) is 0 Å². The maximum Gasteiger partial charge on any atom is 0.251 e. The van der Waals surface area contributed by atoms with Crippen LogP contribution in [0.1, 0.15) is 37.0 Å². The molecule has 1 amide bonds. The van der Waals surface area contributed by atoms with Gasteiger partial charge in [-0.2, -0.15) is 0 Å². The highest BCUT2D eigenvalue weighted by Crippen LogP contribution is 2.17. The van der Waals surface area contributed by atoms with Crippen LogP contribution in [0.3, 0.4) is 0 Å². The van der Waals surface area contributed by atoms with Gasteiger partial charge in [0.1, 0.15) is 0 Å². The van der Waals surface area contributed by atoms with E-state index in [-0.39, 0.29) is 11.9 Å². The molecule has 110 valence electrons. The largest absolute Gasteiger partial charge is 0.382 e. The van der Waals surface area contributed by atoms with Crippen molar-refractivity contribution in [2.75, 3.05) is 25.5 Å². The number of likely N-dealkylation sites (tertiary alicyclic amines) is 1. The first-order valence-electron chi connectivity index (χ1n) is 7.40. The molecule has 4 nitrogen and oxygen atoms in total. The first kappa shape index (κ1) is 14.9. The molecule has 20 heavy (non-hydrogen) atoms. The number of carbonyl (C=O) groups is 1. The van der Waals surface area contributed by atoms with Gasteiger partial charge in [-0.3, -0.25) is 4.79 Å². The topological polar surface area (TPSA) is 44.4 Å². The molecule has 0 atom stereocenters. The Labute approximate surface area is 121 Å². The summed E-state index contributed by atoms with van der Waals surface area (Å²) in [6.45, 7) is 6.20. The standard InChI is InChI=1S/C16H25N3O/c1-12(2)17-16(20)13-5-4-6-15(11-13)18-14-7-9-19(3)10-8-14/h4-6,11-12,14,18H,7-10H2,1-3H3,(H,17,20). The third kappa shape index (κ3) is 4.23. The second-order valence-corrected chi connectivity index (χ2v) is 5.93. The number of anilines is 1. The predicted octanol–water partition coefficient (Wildman–Crippen LogP) is 2.33. The quantitative estimate of drug-likeness (QED) is 0.886. The highest BCUT2D eigenvalue weighted by Gasteiger charge is 2.16. The van der Waals surface area contributed by atoms with Crippen molar-refractivity contribution in [2.45, 2.75) is 38.8 Å². The summed E-state index contributed by atoms with van der Waals surface area (Å²) in [5.74, 6) is -0.00738. The molecular weight excluding hydrogens is 250 g/mol. The molecule has 0 bridgehead atoms. The lowest BCUT2D eigenvalue weighted by Crippen LogP contribution is -2.36. The van der Waals surface area contributed by atoms with Crippen LogP contribution in [0.5, 0.6) is 0 Å². The predicted molar refractivity (Wildman–Crippen MR) is 83.2 cm³/mol. The van der Waals surface area contributed by atoms with Crippen molar-refractivity contribution in [3.05, 3.63) is 29.8 Å². The minimum atomic E-state index is -0.00738. The van der Waals surface area contributed by atoms with Gasteiger partial charge in [0.2, 0.25) is 0 Å². The maximum absolute atomic E-state index is 12.0. The lowest BCUT2D eigenvalue weighted by molar-refractivity contribution is 0.0943.